The number of morpholine rings is 1. The molecule has 2 heterocycles. The van der Waals surface area contributed by atoms with Gasteiger partial charge in [-0.3, -0.25) is 4.79 Å². The molecule has 17 heavy (non-hydrogen) atoms. The number of aliphatic carboxylic acids is 1. The van der Waals surface area contributed by atoms with E-state index in [-0.39, 0.29) is 18.4 Å². The van der Waals surface area contributed by atoms with Crippen LogP contribution in [-0.2, 0) is 14.3 Å². The largest absolute Gasteiger partial charge is 0.480 e. The molecular weight excluding hydrogens is 242 g/mol. The van der Waals surface area contributed by atoms with Crippen molar-refractivity contribution in [3.63, 3.8) is 0 Å². The van der Waals surface area contributed by atoms with Crippen LogP contribution in [0.2, 0.25) is 0 Å². The fourth-order valence-corrected chi connectivity index (χ4v) is 3.36. The molecule has 6 heteroatoms. The summed E-state index contributed by atoms with van der Waals surface area (Å²) in [5, 5.41) is 9.08. The van der Waals surface area contributed by atoms with Gasteiger partial charge in [0, 0.05) is 12.5 Å². The average Bonchev–Trinajstić information content (AvgIpc) is 2.39. The van der Waals surface area contributed by atoms with Crippen LogP contribution in [0.3, 0.4) is 0 Å². The quantitative estimate of drug-likeness (QED) is 0.779. The van der Waals surface area contributed by atoms with Gasteiger partial charge in [-0.25, -0.2) is 4.79 Å². The van der Waals surface area contributed by atoms with E-state index in [1.165, 1.54) is 4.90 Å². The van der Waals surface area contributed by atoms with E-state index >= 15 is 0 Å². The summed E-state index contributed by atoms with van der Waals surface area (Å²) in [5.74, 6) is 1.04. The van der Waals surface area contributed by atoms with Gasteiger partial charge in [-0.1, -0.05) is 0 Å². The molecule has 1 amide bonds. The Morgan fingerprint density at radius 1 is 1.29 bits per heavy atom. The lowest BCUT2D eigenvalue weighted by Crippen LogP contribution is -2.54. The van der Waals surface area contributed by atoms with Crippen molar-refractivity contribution in [2.75, 3.05) is 31.3 Å². The molecule has 0 aliphatic carbocycles. The summed E-state index contributed by atoms with van der Waals surface area (Å²) in [6, 6.07) is -0.800. The van der Waals surface area contributed by atoms with Gasteiger partial charge in [-0.2, -0.15) is 11.8 Å². The number of ether oxygens (including phenoxy) is 1. The van der Waals surface area contributed by atoms with Crippen LogP contribution in [0.25, 0.3) is 0 Å². The summed E-state index contributed by atoms with van der Waals surface area (Å²) in [7, 11) is 0. The van der Waals surface area contributed by atoms with Crippen molar-refractivity contribution < 1.29 is 19.4 Å². The number of rotatable bonds is 2. The Hall–Kier alpha value is -0.750. The number of carbonyl (C=O) groups is 2. The number of amides is 1. The Morgan fingerprint density at radius 3 is 2.65 bits per heavy atom. The molecule has 1 unspecified atom stereocenters. The molecule has 1 N–H and O–H groups in total. The molecule has 96 valence electrons. The topological polar surface area (TPSA) is 66.8 Å². The fourth-order valence-electron chi connectivity index (χ4n) is 2.25. The van der Waals surface area contributed by atoms with Crippen LogP contribution >= 0.6 is 11.8 Å². The van der Waals surface area contributed by atoms with Gasteiger partial charge in [-0.05, 0) is 24.3 Å². The molecule has 0 aromatic heterocycles. The minimum Gasteiger partial charge on any atom is -0.480 e. The molecule has 0 aromatic carbocycles. The Morgan fingerprint density at radius 2 is 2.00 bits per heavy atom. The van der Waals surface area contributed by atoms with Crippen molar-refractivity contribution in [2.24, 2.45) is 5.92 Å². The standard InChI is InChI=1S/C11H17NO4S/c13-10(8-1-5-17-6-2-8)12-3-4-16-7-9(12)11(14)15/h8-9H,1-7H2,(H,14,15). The van der Waals surface area contributed by atoms with Gasteiger partial charge in [0.1, 0.15) is 0 Å². The van der Waals surface area contributed by atoms with Gasteiger partial charge in [0.25, 0.3) is 0 Å². The number of thioether (sulfide) groups is 1. The first-order valence-corrected chi connectivity index (χ1v) is 7.04. The Labute approximate surface area is 104 Å². The van der Waals surface area contributed by atoms with Gasteiger partial charge < -0.3 is 14.7 Å². The van der Waals surface area contributed by atoms with E-state index in [2.05, 4.69) is 0 Å². The third-order valence-electron chi connectivity index (χ3n) is 3.27. The third kappa shape index (κ3) is 2.93. The average molecular weight is 259 g/mol. The zero-order chi connectivity index (χ0) is 12.3. The van der Waals surface area contributed by atoms with E-state index in [9.17, 15) is 9.59 Å². The van der Waals surface area contributed by atoms with Crippen molar-refractivity contribution in [3.05, 3.63) is 0 Å². The first-order chi connectivity index (χ1) is 8.20. The maximum absolute atomic E-state index is 12.3. The number of carboxylic acids is 1. The zero-order valence-corrected chi connectivity index (χ0v) is 10.4. The van der Waals surface area contributed by atoms with Gasteiger partial charge in [0.05, 0.1) is 13.2 Å². The number of carbonyl (C=O) groups excluding carboxylic acids is 1. The van der Waals surface area contributed by atoms with Crippen LogP contribution in [0, 0.1) is 5.92 Å². The summed E-state index contributed by atoms with van der Waals surface area (Å²) in [6.07, 6.45) is 1.74. The molecule has 0 saturated carbocycles. The molecule has 0 aromatic rings. The smallest absolute Gasteiger partial charge is 0.328 e. The van der Waals surface area contributed by atoms with Crippen LogP contribution in [0.4, 0.5) is 0 Å². The van der Waals surface area contributed by atoms with Crippen molar-refractivity contribution in [3.8, 4) is 0 Å². The van der Waals surface area contributed by atoms with Crippen LogP contribution in [0.1, 0.15) is 12.8 Å². The summed E-state index contributed by atoms with van der Waals surface area (Å²) in [4.78, 5) is 24.8. The molecule has 0 spiro atoms. The molecule has 2 saturated heterocycles. The molecule has 0 radical (unpaired) electrons. The van der Waals surface area contributed by atoms with Crippen molar-refractivity contribution >= 4 is 23.6 Å². The van der Waals surface area contributed by atoms with Crippen LogP contribution in [0.5, 0.6) is 0 Å². The summed E-state index contributed by atoms with van der Waals surface area (Å²) < 4.78 is 5.13. The number of nitrogens with zero attached hydrogens (tertiary/aromatic N) is 1. The van der Waals surface area contributed by atoms with Crippen molar-refractivity contribution in [2.45, 2.75) is 18.9 Å². The Bertz CT molecular complexity index is 304. The van der Waals surface area contributed by atoms with E-state index < -0.39 is 12.0 Å². The molecule has 2 aliphatic heterocycles. The summed E-state index contributed by atoms with van der Waals surface area (Å²) >= 11 is 1.86. The van der Waals surface area contributed by atoms with E-state index in [0.29, 0.717) is 13.2 Å². The maximum atomic E-state index is 12.3. The first-order valence-electron chi connectivity index (χ1n) is 5.89. The van der Waals surface area contributed by atoms with Crippen LogP contribution in [-0.4, -0.2) is 59.2 Å². The fraction of sp³-hybridized carbons (Fsp3) is 0.818. The van der Waals surface area contributed by atoms with Gasteiger partial charge in [0.15, 0.2) is 6.04 Å². The van der Waals surface area contributed by atoms with Crippen LogP contribution in [0.15, 0.2) is 0 Å². The van der Waals surface area contributed by atoms with E-state index in [1.54, 1.807) is 0 Å². The predicted molar refractivity (Wildman–Crippen MR) is 64.0 cm³/mol. The van der Waals surface area contributed by atoms with E-state index in [0.717, 1.165) is 24.3 Å². The molecule has 2 aliphatic rings. The second-order valence-corrected chi connectivity index (χ2v) is 5.57. The summed E-state index contributed by atoms with van der Waals surface area (Å²) in [5.41, 5.74) is 0. The minimum atomic E-state index is -0.969. The molecule has 0 bridgehead atoms. The van der Waals surface area contributed by atoms with Gasteiger partial charge in [-0.15, -0.1) is 0 Å². The zero-order valence-electron chi connectivity index (χ0n) is 9.63. The molecular formula is C11H17NO4S. The van der Waals surface area contributed by atoms with Gasteiger partial charge >= 0.3 is 5.97 Å². The number of hydrogen-bond acceptors (Lipinski definition) is 4. The van der Waals surface area contributed by atoms with Crippen molar-refractivity contribution in [1.29, 1.82) is 0 Å². The second kappa shape index (κ2) is 5.73. The highest BCUT2D eigenvalue weighted by Crippen LogP contribution is 2.25. The lowest BCUT2D eigenvalue weighted by molar-refractivity contribution is -0.160. The highest BCUT2D eigenvalue weighted by atomic mass is 32.2. The minimum absolute atomic E-state index is 0.000926. The lowest BCUT2D eigenvalue weighted by atomic mass is 10.00. The molecule has 5 nitrogen and oxygen atoms in total. The number of carboxylic acid groups (broad SMARTS) is 1. The molecule has 1 atom stereocenters. The molecule has 2 rings (SSSR count). The van der Waals surface area contributed by atoms with Gasteiger partial charge in [0.2, 0.25) is 5.91 Å². The van der Waals surface area contributed by atoms with Crippen molar-refractivity contribution in [1.82, 2.24) is 4.90 Å². The van der Waals surface area contributed by atoms with Crippen LogP contribution < -0.4 is 0 Å². The maximum Gasteiger partial charge on any atom is 0.328 e. The predicted octanol–water partition coefficient (Wildman–Crippen LogP) is 0.442. The Kier molecular flexibility index (Phi) is 4.28. The second-order valence-electron chi connectivity index (χ2n) is 4.35. The van der Waals surface area contributed by atoms with E-state index in [1.807, 2.05) is 11.8 Å². The summed E-state index contributed by atoms with van der Waals surface area (Å²) in [6.45, 7) is 0.957. The monoisotopic (exact) mass is 259 g/mol. The van der Waals surface area contributed by atoms with E-state index in [4.69, 9.17) is 9.84 Å². The highest BCUT2D eigenvalue weighted by Gasteiger charge is 2.36. The normalized spacial score (nSPS) is 26.8. The third-order valence-corrected chi connectivity index (χ3v) is 4.32. The molecule has 2 fully saturated rings. The first kappa shape index (κ1) is 12.7. The SMILES string of the molecule is O=C(O)C1COCCN1C(=O)C1CCSCC1. The number of hydrogen-bond donors (Lipinski definition) is 1. The lowest BCUT2D eigenvalue weighted by Gasteiger charge is -2.36. The Balaban J connectivity index is 2.02. The highest BCUT2D eigenvalue weighted by molar-refractivity contribution is 7.99.